The molecule has 1 heterocycles. The number of amides is 1. The van der Waals surface area contributed by atoms with Crippen molar-refractivity contribution >= 4 is 17.5 Å². The number of hydrogen-bond donors (Lipinski definition) is 1. The van der Waals surface area contributed by atoms with Crippen LogP contribution in [0.2, 0.25) is 5.02 Å². The van der Waals surface area contributed by atoms with Gasteiger partial charge in [-0.05, 0) is 55.8 Å². The first-order valence-corrected chi connectivity index (χ1v) is 8.34. The molecule has 0 bridgehead atoms. The van der Waals surface area contributed by atoms with E-state index in [1.807, 2.05) is 29.2 Å². The largest absolute Gasteiger partial charge is 0.342 e. The molecule has 0 atom stereocenters. The lowest BCUT2D eigenvalue weighted by Gasteiger charge is -2.32. The first kappa shape index (κ1) is 14.9. The molecule has 0 unspecified atom stereocenters. The van der Waals surface area contributed by atoms with Crippen molar-refractivity contribution in [3.8, 4) is 0 Å². The summed E-state index contributed by atoms with van der Waals surface area (Å²) < 4.78 is 0. The van der Waals surface area contributed by atoms with Crippen LogP contribution in [0.15, 0.2) is 24.3 Å². The van der Waals surface area contributed by atoms with Crippen molar-refractivity contribution in [2.75, 3.05) is 19.6 Å². The maximum absolute atomic E-state index is 12.3. The Morgan fingerprint density at radius 3 is 2.67 bits per heavy atom. The zero-order valence-corrected chi connectivity index (χ0v) is 13.1. The Hall–Kier alpha value is -1.06. The number of nitrogens with zero attached hydrogens (tertiary/aromatic N) is 1. The van der Waals surface area contributed by atoms with Crippen LogP contribution in [0.4, 0.5) is 0 Å². The van der Waals surface area contributed by atoms with Gasteiger partial charge in [0.2, 0.25) is 5.91 Å². The number of hydrogen-bond acceptors (Lipinski definition) is 2. The number of piperidine rings is 1. The van der Waals surface area contributed by atoms with Gasteiger partial charge in [-0.3, -0.25) is 4.79 Å². The van der Waals surface area contributed by atoms with Crippen molar-refractivity contribution in [2.24, 2.45) is 5.92 Å². The Balaban J connectivity index is 1.43. The summed E-state index contributed by atoms with van der Waals surface area (Å²) in [6, 6.07) is 8.18. The first-order chi connectivity index (χ1) is 10.2. The van der Waals surface area contributed by atoms with Gasteiger partial charge in [-0.1, -0.05) is 23.7 Å². The van der Waals surface area contributed by atoms with E-state index in [9.17, 15) is 4.79 Å². The number of rotatable bonds is 5. The normalized spacial score (nSPS) is 19.8. The molecule has 1 saturated carbocycles. The molecule has 2 aliphatic rings. The van der Waals surface area contributed by atoms with Crippen LogP contribution < -0.4 is 5.32 Å². The van der Waals surface area contributed by atoms with Crippen LogP contribution in [0.3, 0.4) is 0 Å². The van der Waals surface area contributed by atoms with Gasteiger partial charge in [-0.2, -0.15) is 0 Å². The van der Waals surface area contributed by atoms with Gasteiger partial charge < -0.3 is 10.2 Å². The molecule has 3 nitrogen and oxygen atoms in total. The number of benzene rings is 1. The lowest BCUT2D eigenvalue weighted by Crippen LogP contribution is -2.45. The van der Waals surface area contributed by atoms with E-state index in [1.54, 1.807) is 0 Å². The Labute approximate surface area is 131 Å². The summed E-state index contributed by atoms with van der Waals surface area (Å²) in [6.45, 7) is 2.92. The second-order valence-electron chi connectivity index (χ2n) is 6.31. The molecule has 1 saturated heterocycles. The van der Waals surface area contributed by atoms with Crippen molar-refractivity contribution < 1.29 is 4.79 Å². The second kappa shape index (κ2) is 6.80. The van der Waals surface area contributed by atoms with Crippen molar-refractivity contribution in [3.63, 3.8) is 0 Å². The molecular formula is C17H23ClN2O. The monoisotopic (exact) mass is 306 g/mol. The van der Waals surface area contributed by atoms with E-state index in [0.29, 0.717) is 17.5 Å². The molecule has 3 rings (SSSR count). The van der Waals surface area contributed by atoms with E-state index in [2.05, 4.69) is 5.32 Å². The number of likely N-dealkylation sites (tertiary alicyclic amines) is 1. The van der Waals surface area contributed by atoms with E-state index in [1.165, 1.54) is 19.4 Å². The standard InChI is InChI=1S/C17H23ClN2O/c18-15-3-1-2-14(10-15)11-17(21)20-8-6-16(7-9-20)19-12-13-4-5-13/h1-3,10,13,16,19H,4-9,11-12H2. The van der Waals surface area contributed by atoms with Crippen molar-refractivity contribution in [3.05, 3.63) is 34.9 Å². The Morgan fingerprint density at radius 2 is 2.00 bits per heavy atom. The molecule has 1 aromatic carbocycles. The van der Waals surface area contributed by atoms with Crippen molar-refractivity contribution in [1.82, 2.24) is 10.2 Å². The van der Waals surface area contributed by atoms with Crippen LogP contribution >= 0.6 is 11.6 Å². The predicted molar refractivity (Wildman–Crippen MR) is 85.5 cm³/mol. The predicted octanol–water partition coefficient (Wildman–Crippen LogP) is 2.87. The minimum atomic E-state index is 0.220. The summed E-state index contributed by atoms with van der Waals surface area (Å²) in [5.74, 6) is 1.14. The summed E-state index contributed by atoms with van der Waals surface area (Å²) in [5.41, 5.74) is 1.00. The third-order valence-corrected chi connectivity index (χ3v) is 4.72. The Kier molecular flexibility index (Phi) is 4.81. The minimum absolute atomic E-state index is 0.220. The lowest BCUT2D eigenvalue weighted by molar-refractivity contribution is -0.131. The molecular weight excluding hydrogens is 284 g/mol. The highest BCUT2D eigenvalue weighted by molar-refractivity contribution is 6.30. The molecule has 1 aliphatic carbocycles. The maximum atomic E-state index is 12.3. The van der Waals surface area contributed by atoms with Crippen molar-refractivity contribution in [1.29, 1.82) is 0 Å². The number of halogens is 1. The number of carbonyl (C=O) groups excluding carboxylic acids is 1. The molecule has 2 fully saturated rings. The van der Waals surface area contributed by atoms with E-state index < -0.39 is 0 Å². The molecule has 1 aromatic rings. The summed E-state index contributed by atoms with van der Waals surface area (Å²) in [6.07, 6.45) is 5.40. The molecule has 0 aromatic heterocycles. The summed E-state index contributed by atoms with van der Waals surface area (Å²) >= 11 is 5.97. The quantitative estimate of drug-likeness (QED) is 0.907. The average Bonchev–Trinajstić information content (AvgIpc) is 3.30. The van der Waals surface area contributed by atoms with Crippen LogP contribution in [0.25, 0.3) is 0 Å². The average molecular weight is 307 g/mol. The Bertz CT molecular complexity index is 493. The van der Waals surface area contributed by atoms with Gasteiger partial charge >= 0.3 is 0 Å². The zero-order valence-electron chi connectivity index (χ0n) is 12.4. The molecule has 1 aliphatic heterocycles. The summed E-state index contributed by atoms with van der Waals surface area (Å²) in [5, 5.41) is 4.34. The fourth-order valence-corrected chi connectivity index (χ4v) is 3.13. The molecule has 0 spiro atoms. The molecule has 21 heavy (non-hydrogen) atoms. The van der Waals surface area contributed by atoms with Gasteiger partial charge in [0.25, 0.3) is 0 Å². The third-order valence-electron chi connectivity index (χ3n) is 4.48. The number of nitrogens with one attached hydrogen (secondary N) is 1. The molecule has 1 N–H and O–H groups in total. The molecule has 1 amide bonds. The molecule has 4 heteroatoms. The SMILES string of the molecule is O=C(Cc1cccc(Cl)c1)N1CCC(NCC2CC2)CC1. The molecule has 0 radical (unpaired) electrons. The highest BCUT2D eigenvalue weighted by Crippen LogP contribution is 2.28. The topological polar surface area (TPSA) is 32.3 Å². The fourth-order valence-electron chi connectivity index (χ4n) is 2.92. The fraction of sp³-hybridized carbons (Fsp3) is 0.588. The van der Waals surface area contributed by atoms with E-state index in [-0.39, 0.29) is 5.91 Å². The van der Waals surface area contributed by atoms with Crippen LogP contribution in [0.1, 0.15) is 31.2 Å². The van der Waals surface area contributed by atoms with Gasteiger partial charge in [0.15, 0.2) is 0 Å². The lowest BCUT2D eigenvalue weighted by atomic mass is 10.0. The Morgan fingerprint density at radius 1 is 1.24 bits per heavy atom. The minimum Gasteiger partial charge on any atom is -0.342 e. The smallest absolute Gasteiger partial charge is 0.226 e. The van der Waals surface area contributed by atoms with Gasteiger partial charge in [-0.25, -0.2) is 0 Å². The van der Waals surface area contributed by atoms with Gasteiger partial charge in [0.1, 0.15) is 0 Å². The van der Waals surface area contributed by atoms with E-state index in [0.717, 1.165) is 37.4 Å². The first-order valence-electron chi connectivity index (χ1n) is 7.96. The van der Waals surface area contributed by atoms with E-state index in [4.69, 9.17) is 11.6 Å². The number of carbonyl (C=O) groups is 1. The molecule has 114 valence electrons. The van der Waals surface area contributed by atoms with Gasteiger partial charge in [0.05, 0.1) is 6.42 Å². The summed E-state index contributed by atoms with van der Waals surface area (Å²) in [4.78, 5) is 14.3. The second-order valence-corrected chi connectivity index (χ2v) is 6.75. The highest BCUT2D eigenvalue weighted by atomic mass is 35.5. The van der Waals surface area contributed by atoms with Gasteiger partial charge in [-0.15, -0.1) is 0 Å². The highest BCUT2D eigenvalue weighted by Gasteiger charge is 2.25. The maximum Gasteiger partial charge on any atom is 0.226 e. The van der Waals surface area contributed by atoms with Crippen LogP contribution in [-0.4, -0.2) is 36.5 Å². The third kappa shape index (κ3) is 4.45. The van der Waals surface area contributed by atoms with Crippen LogP contribution in [-0.2, 0) is 11.2 Å². The van der Waals surface area contributed by atoms with Gasteiger partial charge in [0, 0.05) is 24.2 Å². The summed E-state index contributed by atoms with van der Waals surface area (Å²) in [7, 11) is 0. The van der Waals surface area contributed by atoms with E-state index >= 15 is 0 Å². The van der Waals surface area contributed by atoms with Crippen LogP contribution in [0, 0.1) is 5.92 Å². The van der Waals surface area contributed by atoms with Crippen LogP contribution in [0.5, 0.6) is 0 Å². The zero-order chi connectivity index (χ0) is 14.7. The van der Waals surface area contributed by atoms with Crippen molar-refractivity contribution in [2.45, 2.75) is 38.1 Å².